The van der Waals surface area contributed by atoms with Crippen molar-refractivity contribution in [1.82, 2.24) is 0 Å². The first-order valence-corrected chi connectivity index (χ1v) is 12.0. The molecule has 2 aliphatic heterocycles. The van der Waals surface area contributed by atoms with Crippen LogP contribution in [0.3, 0.4) is 0 Å². The summed E-state index contributed by atoms with van der Waals surface area (Å²) in [7, 11) is 1.41. The summed E-state index contributed by atoms with van der Waals surface area (Å²) in [6.45, 7) is 3.23. The van der Waals surface area contributed by atoms with Gasteiger partial charge >= 0.3 is 0 Å². The zero-order valence-electron chi connectivity index (χ0n) is 20.8. The predicted molar refractivity (Wildman–Crippen MR) is 131 cm³/mol. The van der Waals surface area contributed by atoms with Crippen LogP contribution < -0.4 is 14.2 Å². The lowest BCUT2D eigenvalue weighted by Gasteiger charge is -2.40. The molecule has 2 aromatic rings. The monoisotopic (exact) mass is 516 g/mol. The Kier molecular flexibility index (Phi) is 8.05. The van der Waals surface area contributed by atoms with Crippen LogP contribution in [0.4, 0.5) is 0 Å². The summed E-state index contributed by atoms with van der Waals surface area (Å²) in [5, 5.41) is 50.0. The number of carbonyl (C=O) groups is 1. The minimum absolute atomic E-state index is 0.0587. The molecular formula is C27H32O10. The van der Waals surface area contributed by atoms with Crippen LogP contribution in [0.1, 0.15) is 47.9 Å². The number of ketones is 1. The Labute approximate surface area is 214 Å². The minimum atomic E-state index is -1.62. The second kappa shape index (κ2) is 11.1. The van der Waals surface area contributed by atoms with E-state index in [1.54, 1.807) is 12.1 Å². The maximum Gasteiger partial charge on any atom is 0.229 e. The lowest BCUT2D eigenvalue weighted by atomic mass is 9.92. The average Bonchev–Trinajstić information content (AvgIpc) is 2.87. The molecule has 0 saturated carbocycles. The number of aromatic hydroxyl groups is 1. The van der Waals surface area contributed by atoms with Crippen molar-refractivity contribution in [1.29, 1.82) is 0 Å². The number of carbonyl (C=O) groups excluding carboxylic acids is 1. The highest BCUT2D eigenvalue weighted by atomic mass is 16.7. The molecule has 2 aliphatic rings. The number of methoxy groups -OCH3 is 1. The van der Waals surface area contributed by atoms with Crippen molar-refractivity contribution in [2.24, 2.45) is 0 Å². The average molecular weight is 517 g/mol. The molecule has 0 aliphatic carbocycles. The molecule has 1 saturated heterocycles. The molecule has 0 spiro atoms. The lowest BCUT2D eigenvalue weighted by molar-refractivity contribution is -0.277. The Bertz CT molecular complexity index is 1150. The van der Waals surface area contributed by atoms with Crippen LogP contribution in [0.5, 0.6) is 23.0 Å². The fourth-order valence-corrected chi connectivity index (χ4v) is 4.43. The summed E-state index contributed by atoms with van der Waals surface area (Å²) in [5.41, 5.74) is 2.45. The van der Waals surface area contributed by atoms with Crippen LogP contribution in [-0.4, -0.2) is 75.7 Å². The third-order valence-electron chi connectivity index (χ3n) is 6.51. The number of rotatable bonds is 7. The molecule has 10 nitrogen and oxygen atoms in total. The maximum atomic E-state index is 13.3. The molecular weight excluding hydrogens is 484 g/mol. The van der Waals surface area contributed by atoms with Gasteiger partial charge in [-0.3, -0.25) is 4.79 Å². The van der Waals surface area contributed by atoms with Gasteiger partial charge < -0.3 is 44.5 Å². The van der Waals surface area contributed by atoms with Gasteiger partial charge in [-0.25, -0.2) is 0 Å². The highest BCUT2D eigenvalue weighted by Gasteiger charge is 2.45. The van der Waals surface area contributed by atoms with Gasteiger partial charge in [0, 0.05) is 11.6 Å². The van der Waals surface area contributed by atoms with Crippen molar-refractivity contribution < 1.29 is 49.3 Å². The third kappa shape index (κ3) is 5.43. The summed E-state index contributed by atoms with van der Waals surface area (Å²) < 4.78 is 23.4. The summed E-state index contributed by atoms with van der Waals surface area (Å²) in [6, 6.07) is 7.89. The first-order valence-electron chi connectivity index (χ1n) is 12.0. The van der Waals surface area contributed by atoms with Crippen molar-refractivity contribution in [2.45, 2.75) is 63.5 Å². The number of allylic oxidation sites excluding steroid dienone is 2. The van der Waals surface area contributed by atoms with E-state index in [2.05, 4.69) is 0 Å². The van der Waals surface area contributed by atoms with Crippen molar-refractivity contribution in [3.05, 3.63) is 58.7 Å². The molecule has 0 radical (unpaired) electrons. The van der Waals surface area contributed by atoms with E-state index >= 15 is 0 Å². The zero-order valence-corrected chi connectivity index (χ0v) is 20.8. The highest BCUT2D eigenvalue weighted by molar-refractivity contribution is 6.03. The van der Waals surface area contributed by atoms with Crippen LogP contribution in [0.15, 0.2) is 42.0 Å². The Hall–Kier alpha value is -3.15. The maximum absolute atomic E-state index is 13.3. The smallest absolute Gasteiger partial charge is 0.229 e. The normalized spacial score (nSPS) is 27.2. The van der Waals surface area contributed by atoms with Gasteiger partial charge in [0.1, 0.15) is 59.1 Å². The Morgan fingerprint density at radius 1 is 1.08 bits per heavy atom. The van der Waals surface area contributed by atoms with Gasteiger partial charge in [0.25, 0.3) is 0 Å². The second-order valence-electron chi connectivity index (χ2n) is 9.39. The fraction of sp³-hybridized carbons (Fsp3) is 0.444. The number of hydrogen-bond donors (Lipinski definition) is 5. The number of aliphatic hydroxyl groups is 4. The molecule has 6 atom stereocenters. The fourth-order valence-electron chi connectivity index (χ4n) is 4.43. The van der Waals surface area contributed by atoms with E-state index in [9.17, 15) is 30.3 Å². The number of phenolic OH excluding ortho intramolecular Hbond substituents is 1. The summed E-state index contributed by atoms with van der Waals surface area (Å²) >= 11 is 0. The number of benzene rings is 2. The van der Waals surface area contributed by atoms with Crippen molar-refractivity contribution >= 4 is 5.78 Å². The second-order valence-corrected chi connectivity index (χ2v) is 9.39. The van der Waals surface area contributed by atoms with Crippen molar-refractivity contribution in [2.75, 3.05) is 13.7 Å². The third-order valence-corrected chi connectivity index (χ3v) is 6.51. The quantitative estimate of drug-likeness (QED) is 0.344. The molecule has 200 valence electrons. The molecule has 2 heterocycles. The van der Waals surface area contributed by atoms with E-state index in [-0.39, 0.29) is 40.8 Å². The Morgan fingerprint density at radius 3 is 2.41 bits per heavy atom. The van der Waals surface area contributed by atoms with E-state index in [1.807, 2.05) is 19.9 Å². The molecule has 1 fully saturated rings. The van der Waals surface area contributed by atoms with Crippen molar-refractivity contribution in [3.63, 3.8) is 0 Å². The van der Waals surface area contributed by atoms with E-state index in [4.69, 9.17) is 18.9 Å². The van der Waals surface area contributed by atoms with Gasteiger partial charge in [-0.05, 0) is 38.0 Å². The van der Waals surface area contributed by atoms with E-state index in [1.165, 1.54) is 25.3 Å². The van der Waals surface area contributed by atoms with E-state index < -0.39 is 43.4 Å². The van der Waals surface area contributed by atoms with Crippen molar-refractivity contribution in [3.8, 4) is 23.0 Å². The van der Waals surface area contributed by atoms with Crippen LogP contribution in [-0.2, 0) is 11.2 Å². The number of Topliss-reactive ketones (excluding diaryl/α,β-unsaturated/α-hetero) is 1. The molecule has 37 heavy (non-hydrogen) atoms. The molecule has 4 rings (SSSR count). The summed E-state index contributed by atoms with van der Waals surface area (Å²) in [4.78, 5) is 13.3. The molecule has 2 aromatic carbocycles. The number of fused-ring (bicyclic) bond motifs is 1. The van der Waals surface area contributed by atoms with Crippen LogP contribution in [0.25, 0.3) is 0 Å². The van der Waals surface area contributed by atoms with Crippen LogP contribution in [0.2, 0.25) is 0 Å². The molecule has 10 heteroatoms. The molecule has 0 unspecified atom stereocenters. The zero-order chi connectivity index (χ0) is 26.9. The molecule has 0 aromatic heterocycles. The van der Waals surface area contributed by atoms with Gasteiger partial charge in [0.05, 0.1) is 20.1 Å². The number of ether oxygens (including phenoxy) is 4. The highest BCUT2D eigenvalue weighted by Crippen LogP contribution is 2.47. The number of hydrogen-bond acceptors (Lipinski definition) is 10. The van der Waals surface area contributed by atoms with E-state index in [0.717, 1.165) is 5.57 Å². The van der Waals surface area contributed by atoms with E-state index in [0.29, 0.717) is 17.5 Å². The first kappa shape index (κ1) is 26.9. The standard InChI is InChI=1S/C27H32O10/c1-13(2)4-9-16-19(36-27-25(33)24(32)23(31)21(12-28)37-27)11-20(34-3)22-17(30)10-18(35-26(16)22)14-5-7-15(29)8-6-14/h4-8,11,18,21,23-25,27-29,31-33H,9-10,12H2,1-3H3/t18-,21+,23+,24-,25+,27+/m0/s1. The SMILES string of the molecule is COc1cc(O[C@@H]2O[C@H](CO)[C@@H](O)[C@H](O)[C@H]2O)c(CC=C(C)C)c2c1C(=O)C[C@@H](c1ccc(O)cc1)O2. The minimum Gasteiger partial charge on any atom is -0.508 e. The first-order chi connectivity index (χ1) is 17.6. The van der Waals surface area contributed by atoms with Gasteiger partial charge in [0.2, 0.25) is 6.29 Å². The lowest BCUT2D eigenvalue weighted by Crippen LogP contribution is -2.60. The van der Waals surface area contributed by atoms with Gasteiger partial charge in [-0.1, -0.05) is 23.8 Å². The van der Waals surface area contributed by atoms with Gasteiger partial charge in [-0.2, -0.15) is 0 Å². The molecule has 0 amide bonds. The summed E-state index contributed by atoms with van der Waals surface area (Å²) in [5.74, 6) is 0.522. The summed E-state index contributed by atoms with van der Waals surface area (Å²) in [6.07, 6.45) is -5.71. The molecule has 5 N–H and O–H groups in total. The number of aliphatic hydroxyl groups excluding tert-OH is 4. The topological polar surface area (TPSA) is 155 Å². The van der Waals surface area contributed by atoms with Gasteiger partial charge in [-0.15, -0.1) is 0 Å². The predicted octanol–water partition coefficient (Wildman–Crippen LogP) is 1.79. The van der Waals surface area contributed by atoms with Gasteiger partial charge in [0.15, 0.2) is 5.78 Å². The molecule has 0 bridgehead atoms. The number of phenols is 1. The largest absolute Gasteiger partial charge is 0.508 e. The van der Waals surface area contributed by atoms with Crippen LogP contribution in [0, 0.1) is 0 Å². The Balaban J connectivity index is 1.79. The Morgan fingerprint density at radius 2 is 1.78 bits per heavy atom. The van der Waals surface area contributed by atoms with Crippen LogP contribution >= 0.6 is 0 Å².